The number of hydrogen-bond donors (Lipinski definition) is 2. The average molecular weight is 301 g/mol. The van der Waals surface area contributed by atoms with Gasteiger partial charge in [-0.1, -0.05) is 0 Å². The van der Waals surface area contributed by atoms with E-state index in [9.17, 15) is 4.79 Å². The van der Waals surface area contributed by atoms with Crippen LogP contribution in [0.15, 0.2) is 18.5 Å². The Morgan fingerprint density at radius 2 is 2.32 bits per heavy atom. The van der Waals surface area contributed by atoms with Crippen LogP contribution in [0.5, 0.6) is 0 Å². The number of imidazole rings is 1. The fourth-order valence-corrected chi connectivity index (χ4v) is 2.76. The summed E-state index contributed by atoms with van der Waals surface area (Å²) in [5.41, 5.74) is 1.64. The first-order chi connectivity index (χ1) is 10.7. The summed E-state index contributed by atoms with van der Waals surface area (Å²) >= 11 is 0. The van der Waals surface area contributed by atoms with Gasteiger partial charge in [0.2, 0.25) is 0 Å². The molecule has 0 aliphatic carbocycles. The molecule has 1 aliphatic heterocycles. The molecule has 2 aromatic heterocycles. The van der Waals surface area contributed by atoms with E-state index in [1.165, 1.54) is 0 Å². The highest BCUT2D eigenvalue weighted by Gasteiger charge is 2.36. The lowest BCUT2D eigenvalue weighted by molar-refractivity contribution is -0.148. The van der Waals surface area contributed by atoms with Crippen molar-refractivity contribution in [2.24, 2.45) is 5.92 Å². The number of esters is 1. The molecule has 0 aromatic carbocycles. The predicted molar refractivity (Wildman–Crippen MR) is 79.8 cm³/mol. The van der Waals surface area contributed by atoms with E-state index in [1.54, 1.807) is 12.4 Å². The van der Waals surface area contributed by atoms with Crippen LogP contribution in [-0.2, 0) is 9.53 Å². The number of hydrogen-bond acceptors (Lipinski definition) is 6. The van der Waals surface area contributed by atoms with Crippen molar-refractivity contribution in [1.29, 1.82) is 0 Å². The molecule has 2 N–H and O–H groups in total. The predicted octanol–water partition coefficient (Wildman–Crippen LogP) is 1.39. The number of aryl methyl sites for hydroxylation is 1. The van der Waals surface area contributed by atoms with Crippen LogP contribution in [0.1, 0.15) is 30.8 Å². The van der Waals surface area contributed by atoms with Gasteiger partial charge in [-0.15, -0.1) is 0 Å². The van der Waals surface area contributed by atoms with E-state index in [1.807, 2.05) is 19.9 Å². The molecule has 0 bridgehead atoms. The number of nitrogens with one attached hydrogen (secondary N) is 2. The Morgan fingerprint density at radius 1 is 1.45 bits per heavy atom. The number of carbonyl (C=O) groups is 1. The van der Waals surface area contributed by atoms with Gasteiger partial charge < -0.3 is 15.0 Å². The molecule has 0 spiro atoms. The third-order valence-electron chi connectivity index (χ3n) is 3.71. The highest BCUT2D eigenvalue weighted by molar-refractivity contribution is 5.74. The van der Waals surface area contributed by atoms with Crippen molar-refractivity contribution in [1.82, 2.24) is 25.3 Å². The molecule has 0 amide bonds. The average Bonchev–Trinajstić information content (AvgIpc) is 3.18. The third kappa shape index (κ3) is 2.85. The molecule has 3 rings (SSSR count). The Kier molecular flexibility index (Phi) is 4.15. The minimum Gasteiger partial charge on any atom is -0.466 e. The van der Waals surface area contributed by atoms with Crippen molar-refractivity contribution in [3.05, 3.63) is 29.8 Å². The monoisotopic (exact) mass is 301 g/mol. The van der Waals surface area contributed by atoms with Crippen LogP contribution in [0.25, 0.3) is 11.6 Å². The Balaban J connectivity index is 1.92. The molecule has 0 radical (unpaired) electrons. The van der Waals surface area contributed by atoms with Crippen molar-refractivity contribution in [3.63, 3.8) is 0 Å². The summed E-state index contributed by atoms with van der Waals surface area (Å²) in [6.07, 6.45) is 4.15. The van der Waals surface area contributed by atoms with E-state index in [-0.39, 0.29) is 17.9 Å². The van der Waals surface area contributed by atoms with Gasteiger partial charge in [0.25, 0.3) is 0 Å². The fourth-order valence-electron chi connectivity index (χ4n) is 2.76. The molecular formula is C15H19N5O2. The van der Waals surface area contributed by atoms with E-state index in [4.69, 9.17) is 4.74 Å². The number of ether oxygens (including phenoxy) is 1. The maximum Gasteiger partial charge on any atom is 0.310 e. The third-order valence-corrected chi connectivity index (χ3v) is 3.71. The summed E-state index contributed by atoms with van der Waals surface area (Å²) in [4.78, 5) is 28.3. The molecular weight excluding hydrogens is 282 g/mol. The molecule has 2 unspecified atom stereocenters. The normalized spacial score (nSPS) is 21.0. The number of H-pyrrole nitrogens is 1. The van der Waals surface area contributed by atoms with E-state index in [0.29, 0.717) is 18.3 Å². The van der Waals surface area contributed by atoms with Crippen molar-refractivity contribution in [2.75, 3.05) is 13.2 Å². The Labute approximate surface area is 128 Å². The Morgan fingerprint density at radius 3 is 3.05 bits per heavy atom. The summed E-state index contributed by atoms with van der Waals surface area (Å²) < 4.78 is 5.17. The lowest BCUT2D eigenvalue weighted by Gasteiger charge is -2.18. The first-order valence-electron chi connectivity index (χ1n) is 7.44. The number of rotatable bonds is 4. The van der Waals surface area contributed by atoms with Crippen LogP contribution in [0.3, 0.4) is 0 Å². The van der Waals surface area contributed by atoms with Crippen LogP contribution in [-0.4, -0.2) is 39.1 Å². The largest absolute Gasteiger partial charge is 0.466 e. The smallest absolute Gasteiger partial charge is 0.310 e. The zero-order valence-electron chi connectivity index (χ0n) is 12.7. The maximum atomic E-state index is 12.1. The zero-order chi connectivity index (χ0) is 15.5. The van der Waals surface area contributed by atoms with Crippen molar-refractivity contribution in [3.8, 4) is 11.6 Å². The second-order valence-electron chi connectivity index (χ2n) is 5.27. The van der Waals surface area contributed by atoms with Crippen LogP contribution in [0, 0.1) is 12.8 Å². The number of carbonyl (C=O) groups excluding carboxylic acids is 1. The topological polar surface area (TPSA) is 92.8 Å². The minimum atomic E-state index is -0.210. The highest BCUT2D eigenvalue weighted by Crippen LogP contribution is 2.30. The number of aromatic amines is 1. The minimum absolute atomic E-state index is 0.144. The molecule has 22 heavy (non-hydrogen) atoms. The maximum absolute atomic E-state index is 12.1. The second kappa shape index (κ2) is 6.23. The molecule has 1 fully saturated rings. The van der Waals surface area contributed by atoms with Gasteiger partial charge in [0, 0.05) is 18.1 Å². The summed E-state index contributed by atoms with van der Waals surface area (Å²) in [7, 11) is 0. The first kappa shape index (κ1) is 14.6. The molecule has 2 atom stereocenters. The van der Waals surface area contributed by atoms with Crippen LogP contribution in [0.2, 0.25) is 0 Å². The van der Waals surface area contributed by atoms with Crippen LogP contribution in [0.4, 0.5) is 0 Å². The fraction of sp³-hybridized carbons (Fsp3) is 0.467. The zero-order valence-corrected chi connectivity index (χ0v) is 12.7. The van der Waals surface area contributed by atoms with Gasteiger partial charge in [-0.3, -0.25) is 4.79 Å². The Hall–Kier alpha value is -2.28. The van der Waals surface area contributed by atoms with Gasteiger partial charge >= 0.3 is 5.97 Å². The highest BCUT2D eigenvalue weighted by atomic mass is 16.5. The second-order valence-corrected chi connectivity index (χ2v) is 5.27. The molecule has 7 heteroatoms. The lowest BCUT2D eigenvalue weighted by atomic mass is 9.97. The van der Waals surface area contributed by atoms with E-state index < -0.39 is 0 Å². The van der Waals surface area contributed by atoms with Crippen molar-refractivity contribution in [2.45, 2.75) is 26.3 Å². The molecule has 2 aromatic rings. The molecule has 7 nitrogen and oxygen atoms in total. The van der Waals surface area contributed by atoms with E-state index >= 15 is 0 Å². The van der Waals surface area contributed by atoms with Crippen molar-refractivity contribution < 1.29 is 9.53 Å². The molecule has 0 saturated carbocycles. The summed E-state index contributed by atoms with van der Waals surface area (Å²) in [6, 6.07) is 1.76. The quantitative estimate of drug-likeness (QED) is 0.829. The number of aromatic nitrogens is 4. The van der Waals surface area contributed by atoms with Crippen LogP contribution >= 0.6 is 0 Å². The van der Waals surface area contributed by atoms with Gasteiger partial charge in [0.1, 0.15) is 0 Å². The standard InChI is InChI=1S/C15H19N5O2/c1-3-22-15(21)10-4-5-16-12(10)11-8-9(2)19-14(20-11)13-17-6-7-18-13/h6-8,10,12,16H,3-5H2,1-2H3,(H,17,18). The lowest BCUT2D eigenvalue weighted by Crippen LogP contribution is -2.26. The summed E-state index contributed by atoms with van der Waals surface area (Å²) in [6.45, 7) is 4.89. The molecule has 116 valence electrons. The van der Waals surface area contributed by atoms with E-state index in [2.05, 4.69) is 25.3 Å². The molecule has 1 saturated heterocycles. The van der Waals surface area contributed by atoms with Gasteiger partial charge in [0.05, 0.1) is 24.3 Å². The summed E-state index contributed by atoms with van der Waals surface area (Å²) in [5, 5.41) is 3.34. The number of nitrogens with zero attached hydrogens (tertiary/aromatic N) is 3. The molecule has 3 heterocycles. The Bertz CT molecular complexity index is 656. The SMILES string of the molecule is CCOC(=O)C1CCNC1c1cc(C)nc(-c2ncc[nH]2)n1. The first-order valence-corrected chi connectivity index (χ1v) is 7.44. The van der Waals surface area contributed by atoms with Gasteiger partial charge in [-0.25, -0.2) is 15.0 Å². The summed E-state index contributed by atoms with van der Waals surface area (Å²) in [5.74, 6) is 0.777. The van der Waals surface area contributed by atoms with Gasteiger partial charge in [-0.05, 0) is 32.9 Å². The van der Waals surface area contributed by atoms with Crippen LogP contribution < -0.4 is 5.32 Å². The van der Waals surface area contributed by atoms with Crippen molar-refractivity contribution >= 4 is 5.97 Å². The molecule has 1 aliphatic rings. The van der Waals surface area contributed by atoms with E-state index in [0.717, 1.165) is 24.4 Å². The van der Waals surface area contributed by atoms with Gasteiger partial charge in [-0.2, -0.15) is 0 Å². The van der Waals surface area contributed by atoms with Gasteiger partial charge in [0.15, 0.2) is 11.6 Å².